The molecular weight excluding hydrogens is 580 g/mol. The lowest BCUT2D eigenvalue weighted by atomic mass is 9.77. The minimum absolute atomic E-state index is 0.319. The van der Waals surface area contributed by atoms with E-state index in [-0.39, 0.29) is 5.97 Å². The molecule has 3 unspecified atom stereocenters. The number of ether oxygens (including phenoxy) is 2. The zero-order valence-electron chi connectivity index (χ0n) is 27.6. The van der Waals surface area contributed by atoms with E-state index in [1.54, 1.807) is 0 Å². The third kappa shape index (κ3) is 5.44. The first-order valence-corrected chi connectivity index (χ1v) is 16.8. The molecule has 0 bridgehead atoms. The molecular formula is C42H42N2O3. The normalized spacial score (nSPS) is 17.1. The first kappa shape index (κ1) is 30.6. The fourth-order valence-electron chi connectivity index (χ4n) is 7.19. The summed E-state index contributed by atoms with van der Waals surface area (Å²) in [6, 6.07) is 42.3. The van der Waals surface area contributed by atoms with Crippen LogP contribution in [-0.4, -0.2) is 18.1 Å². The molecule has 47 heavy (non-hydrogen) atoms. The third-order valence-corrected chi connectivity index (χ3v) is 9.91. The van der Waals surface area contributed by atoms with Crippen molar-refractivity contribution in [2.75, 3.05) is 9.80 Å². The number of benzene rings is 5. The van der Waals surface area contributed by atoms with Crippen LogP contribution in [0, 0.1) is 0 Å². The first-order valence-electron chi connectivity index (χ1n) is 16.8. The lowest BCUT2D eigenvalue weighted by Crippen LogP contribution is -2.40. The van der Waals surface area contributed by atoms with Crippen LogP contribution in [0.1, 0.15) is 78.7 Å². The Morgan fingerprint density at radius 1 is 0.617 bits per heavy atom. The van der Waals surface area contributed by atoms with Crippen molar-refractivity contribution >= 4 is 17.3 Å². The van der Waals surface area contributed by atoms with Gasteiger partial charge in [-0.25, -0.2) is 4.79 Å². The number of hydrogen-bond acceptors (Lipinski definition) is 5. The van der Waals surface area contributed by atoms with Crippen molar-refractivity contribution in [2.45, 2.75) is 71.3 Å². The van der Waals surface area contributed by atoms with Gasteiger partial charge in [0.05, 0.1) is 5.56 Å². The van der Waals surface area contributed by atoms with Gasteiger partial charge in [-0.15, -0.1) is 0 Å². The minimum atomic E-state index is -1.13. The molecule has 0 fully saturated rings. The van der Waals surface area contributed by atoms with Crippen LogP contribution in [0.25, 0.3) is 0 Å². The van der Waals surface area contributed by atoms with Crippen molar-refractivity contribution in [3.63, 3.8) is 0 Å². The number of carbonyl (C=O) groups is 1. The molecule has 5 nitrogen and oxygen atoms in total. The molecule has 0 aromatic heterocycles. The average Bonchev–Trinajstić information content (AvgIpc) is 3.41. The predicted octanol–water partition coefficient (Wildman–Crippen LogP) is 9.86. The summed E-state index contributed by atoms with van der Waals surface area (Å²) >= 11 is 0. The van der Waals surface area contributed by atoms with E-state index in [0.717, 1.165) is 54.0 Å². The van der Waals surface area contributed by atoms with Crippen molar-refractivity contribution in [1.82, 2.24) is 0 Å². The van der Waals surface area contributed by atoms with E-state index >= 15 is 0 Å². The number of hydrogen-bond donors (Lipinski definition) is 0. The Morgan fingerprint density at radius 2 is 1.21 bits per heavy atom. The van der Waals surface area contributed by atoms with E-state index < -0.39 is 5.60 Å². The van der Waals surface area contributed by atoms with Crippen LogP contribution in [0.2, 0.25) is 0 Å². The van der Waals surface area contributed by atoms with Crippen molar-refractivity contribution in [3.05, 3.63) is 155 Å². The monoisotopic (exact) mass is 622 g/mol. The van der Waals surface area contributed by atoms with E-state index in [0.29, 0.717) is 29.1 Å². The molecule has 0 saturated carbocycles. The van der Waals surface area contributed by atoms with Gasteiger partial charge in [0, 0.05) is 59.3 Å². The Morgan fingerprint density at radius 3 is 1.85 bits per heavy atom. The zero-order chi connectivity index (χ0) is 32.5. The van der Waals surface area contributed by atoms with Crippen LogP contribution in [-0.2, 0) is 23.4 Å². The lowest BCUT2D eigenvalue weighted by molar-refractivity contribution is 0.0224. The second kappa shape index (κ2) is 12.6. The molecule has 0 aliphatic carbocycles. The molecule has 0 saturated heterocycles. The Bertz CT molecular complexity index is 1840. The van der Waals surface area contributed by atoms with Gasteiger partial charge in [-0.1, -0.05) is 92.7 Å². The van der Waals surface area contributed by atoms with Crippen molar-refractivity contribution in [3.8, 4) is 11.5 Å². The van der Waals surface area contributed by atoms with Gasteiger partial charge in [0.1, 0.15) is 11.5 Å². The second-order valence-electron chi connectivity index (χ2n) is 12.8. The molecule has 0 radical (unpaired) electrons. The predicted molar refractivity (Wildman–Crippen MR) is 189 cm³/mol. The highest BCUT2D eigenvalue weighted by Gasteiger charge is 2.53. The molecule has 2 aliphatic heterocycles. The van der Waals surface area contributed by atoms with E-state index in [1.807, 2.05) is 42.5 Å². The fraction of sp³-hybridized carbons (Fsp3) is 0.262. The van der Waals surface area contributed by atoms with E-state index in [2.05, 4.69) is 116 Å². The highest BCUT2D eigenvalue weighted by atomic mass is 16.6. The maximum absolute atomic E-state index is 13.6. The summed E-state index contributed by atoms with van der Waals surface area (Å²) in [5.41, 5.74) is 6.55. The standard InChI is InChI=1S/C42H42N2O3/c1-5-29(3)44(30(4)6-2)34-21-23-37-40(26-34)46-39-24-22-33(25-38(39)42(37)36-20-14-13-19-35(36)41(45)47-42)43(27-31-15-9-7-10-16-31)28-32-17-11-8-12-18-32/h7-26,29-30H,5-6,27-28H2,1-4H3. The molecule has 0 N–H and O–H groups in total. The quantitative estimate of drug-likeness (QED) is 0.145. The van der Waals surface area contributed by atoms with Gasteiger partial charge >= 0.3 is 5.97 Å². The largest absolute Gasteiger partial charge is 0.456 e. The lowest BCUT2D eigenvalue weighted by Gasteiger charge is -2.40. The van der Waals surface area contributed by atoms with Crippen molar-refractivity contribution in [1.29, 1.82) is 0 Å². The van der Waals surface area contributed by atoms with Crippen LogP contribution in [0.3, 0.4) is 0 Å². The number of nitrogens with zero attached hydrogens (tertiary/aromatic N) is 2. The van der Waals surface area contributed by atoms with E-state index in [1.165, 1.54) is 11.1 Å². The van der Waals surface area contributed by atoms with Gasteiger partial charge in [0.25, 0.3) is 0 Å². The summed E-state index contributed by atoms with van der Waals surface area (Å²) in [4.78, 5) is 18.5. The fourth-order valence-corrected chi connectivity index (χ4v) is 7.19. The summed E-state index contributed by atoms with van der Waals surface area (Å²) in [5, 5.41) is 0. The molecule has 7 rings (SSSR count). The molecule has 5 aromatic rings. The Hall–Kier alpha value is -5.03. The van der Waals surface area contributed by atoms with Crippen molar-refractivity contribution in [2.24, 2.45) is 0 Å². The molecule has 5 aromatic carbocycles. The van der Waals surface area contributed by atoms with Gasteiger partial charge < -0.3 is 19.3 Å². The molecule has 1 spiro atoms. The van der Waals surface area contributed by atoms with E-state index in [9.17, 15) is 4.79 Å². The maximum atomic E-state index is 13.6. The number of rotatable bonds is 10. The zero-order valence-corrected chi connectivity index (χ0v) is 27.6. The highest BCUT2D eigenvalue weighted by Crippen LogP contribution is 2.57. The Labute approximate surface area is 278 Å². The molecule has 238 valence electrons. The Kier molecular flexibility index (Phi) is 8.23. The summed E-state index contributed by atoms with van der Waals surface area (Å²) in [5.74, 6) is 1.09. The first-order chi connectivity index (χ1) is 22.9. The number of fused-ring (bicyclic) bond motifs is 6. The third-order valence-electron chi connectivity index (χ3n) is 9.91. The minimum Gasteiger partial charge on any atom is -0.456 e. The van der Waals surface area contributed by atoms with Crippen LogP contribution in [0.5, 0.6) is 11.5 Å². The maximum Gasteiger partial charge on any atom is 0.340 e. The molecule has 2 aliphatic rings. The molecule has 3 atom stereocenters. The SMILES string of the molecule is CCC(C)N(c1ccc2c(c1)Oc1ccc(N(Cc3ccccc3)Cc3ccccc3)cc1C21OC(=O)c2ccccc21)C(C)CC. The number of anilines is 2. The summed E-state index contributed by atoms with van der Waals surface area (Å²) in [6.45, 7) is 10.4. The van der Waals surface area contributed by atoms with Gasteiger partial charge in [0.15, 0.2) is 5.60 Å². The van der Waals surface area contributed by atoms with Crippen LogP contribution >= 0.6 is 0 Å². The smallest absolute Gasteiger partial charge is 0.340 e. The summed E-state index contributed by atoms with van der Waals surface area (Å²) in [7, 11) is 0. The molecule has 5 heteroatoms. The van der Waals surface area contributed by atoms with Crippen LogP contribution in [0.15, 0.2) is 121 Å². The average molecular weight is 623 g/mol. The molecule has 2 heterocycles. The number of carbonyl (C=O) groups excluding carboxylic acids is 1. The van der Waals surface area contributed by atoms with E-state index in [4.69, 9.17) is 9.47 Å². The summed E-state index contributed by atoms with van der Waals surface area (Å²) in [6.07, 6.45) is 2.07. The topological polar surface area (TPSA) is 42.0 Å². The van der Waals surface area contributed by atoms with Gasteiger partial charge in [0.2, 0.25) is 0 Å². The highest BCUT2D eigenvalue weighted by molar-refractivity contribution is 5.97. The second-order valence-corrected chi connectivity index (χ2v) is 12.8. The Balaban J connectivity index is 1.39. The summed E-state index contributed by atoms with van der Waals surface area (Å²) < 4.78 is 13.3. The van der Waals surface area contributed by atoms with Gasteiger partial charge in [-0.2, -0.15) is 0 Å². The molecule has 0 amide bonds. The van der Waals surface area contributed by atoms with Gasteiger partial charge in [-0.05, 0) is 74.2 Å². The number of esters is 1. The van der Waals surface area contributed by atoms with Crippen LogP contribution < -0.4 is 14.5 Å². The van der Waals surface area contributed by atoms with Crippen molar-refractivity contribution < 1.29 is 14.3 Å². The van der Waals surface area contributed by atoms with Gasteiger partial charge in [-0.3, -0.25) is 0 Å². The van der Waals surface area contributed by atoms with Crippen LogP contribution in [0.4, 0.5) is 11.4 Å².